The van der Waals surface area contributed by atoms with Gasteiger partial charge in [0.15, 0.2) is 17.7 Å². The zero-order valence-electron chi connectivity index (χ0n) is 25.3. The maximum atomic E-state index is 13.8. The van der Waals surface area contributed by atoms with Crippen molar-refractivity contribution in [2.24, 2.45) is 17.8 Å². The Morgan fingerprint density at radius 1 is 1.19 bits per heavy atom. The predicted molar refractivity (Wildman–Crippen MR) is 154 cm³/mol. The van der Waals surface area contributed by atoms with Crippen LogP contribution in [0.25, 0.3) is 0 Å². The summed E-state index contributed by atoms with van der Waals surface area (Å²) in [5, 5.41) is 21.7. The van der Waals surface area contributed by atoms with Crippen molar-refractivity contribution in [1.29, 1.82) is 0 Å². The van der Waals surface area contributed by atoms with Crippen molar-refractivity contribution in [2.75, 3.05) is 13.2 Å². The molecule has 2 aromatic rings. The Hall–Kier alpha value is -3.64. The Kier molecular flexibility index (Phi) is 12.8. The van der Waals surface area contributed by atoms with Crippen LogP contribution in [-0.4, -0.2) is 65.3 Å². The summed E-state index contributed by atoms with van der Waals surface area (Å²) in [7, 11) is 0. The first kappa shape index (κ1) is 33.9. The maximum Gasteiger partial charge on any atom is 0.305 e. The monoisotopic (exact) mass is 603 g/mol. The van der Waals surface area contributed by atoms with E-state index in [0.717, 1.165) is 13.0 Å². The summed E-state index contributed by atoms with van der Waals surface area (Å²) in [5.74, 6) is -2.83. The Morgan fingerprint density at radius 3 is 2.49 bits per heavy atom. The van der Waals surface area contributed by atoms with Gasteiger partial charge in [0.2, 0.25) is 5.91 Å². The minimum absolute atomic E-state index is 0.0485. The van der Waals surface area contributed by atoms with Crippen LogP contribution in [0.3, 0.4) is 0 Å². The number of esters is 1. The minimum atomic E-state index is -0.892. The van der Waals surface area contributed by atoms with Gasteiger partial charge in [0.05, 0.1) is 19.2 Å². The van der Waals surface area contributed by atoms with Crippen molar-refractivity contribution in [3.8, 4) is 0 Å². The molecule has 0 saturated carbocycles. The van der Waals surface area contributed by atoms with Crippen molar-refractivity contribution in [3.05, 3.63) is 53.2 Å². The van der Waals surface area contributed by atoms with Crippen LogP contribution in [0, 0.1) is 30.5 Å². The highest BCUT2D eigenvalue weighted by Gasteiger charge is 2.34. The molecule has 0 bridgehead atoms. The van der Waals surface area contributed by atoms with Crippen LogP contribution in [0.1, 0.15) is 74.7 Å². The average Bonchev–Trinajstić information content (AvgIpc) is 3.58. The summed E-state index contributed by atoms with van der Waals surface area (Å²) in [6, 6.07) is 5.86. The van der Waals surface area contributed by atoms with E-state index in [4.69, 9.17) is 9.26 Å². The molecule has 1 aromatic carbocycles. The highest BCUT2D eigenvalue weighted by Crippen LogP contribution is 2.22. The van der Waals surface area contributed by atoms with Gasteiger partial charge in [0, 0.05) is 43.2 Å². The van der Waals surface area contributed by atoms with Crippen LogP contribution >= 0.6 is 0 Å². The van der Waals surface area contributed by atoms with Crippen LogP contribution in [0.2, 0.25) is 0 Å². The molecule has 1 aliphatic rings. The van der Waals surface area contributed by atoms with Gasteiger partial charge in [-0.1, -0.05) is 31.1 Å². The van der Waals surface area contributed by atoms with Crippen molar-refractivity contribution in [1.82, 2.24) is 15.8 Å². The molecule has 2 amide bonds. The number of nitrogens with two attached hydrogens (primary N) is 1. The third kappa shape index (κ3) is 10.5. The van der Waals surface area contributed by atoms with Crippen molar-refractivity contribution < 1.29 is 43.3 Å². The molecule has 1 aromatic heterocycles. The van der Waals surface area contributed by atoms with Gasteiger partial charge in [-0.05, 0) is 56.7 Å². The number of benzene rings is 1. The second-order valence-corrected chi connectivity index (χ2v) is 11.6. The number of aromatic nitrogens is 1. The molecule has 0 unspecified atom stereocenters. The van der Waals surface area contributed by atoms with Crippen LogP contribution < -0.4 is 16.0 Å². The normalized spacial score (nSPS) is 18.6. The fourth-order valence-electron chi connectivity index (χ4n) is 5.40. The van der Waals surface area contributed by atoms with E-state index >= 15 is 0 Å². The number of aryl methyl sites for hydroxylation is 1. The number of ketones is 1. The molecule has 12 heteroatoms. The number of hydrogen-bond donors (Lipinski definition) is 4. The number of carbonyl (C=O) groups is 4. The standard InChI is InChI=1S/C31H43FN4O7/c1-5-42-27(38)11-10-24(16-21-12-13-33-29(21)39)34-30(40)22(15-20-6-8-23(32)9-7-20)17-26(37)28(18(2)3)35-31(41)25-14-19(4)43-36-25/h6-9,14,18,21-22,24,28-29,33,39H,5,10-13,15-17H2,1-4H3,(H,34,40)(H,35,41)/p+1/t21-,22+,24+,28-,29+/m0/s1. The number of amides is 2. The molecule has 5 N–H and O–H groups in total. The first-order valence-electron chi connectivity index (χ1n) is 15.0. The Morgan fingerprint density at radius 2 is 1.91 bits per heavy atom. The highest BCUT2D eigenvalue weighted by molar-refractivity contribution is 5.97. The third-order valence-electron chi connectivity index (χ3n) is 7.74. The number of Topliss-reactive ketones (excluding diaryl/α,β-unsaturated/α-hetero) is 1. The van der Waals surface area contributed by atoms with Crippen LogP contribution in [0.15, 0.2) is 34.9 Å². The summed E-state index contributed by atoms with van der Waals surface area (Å²) in [5.41, 5.74) is 0.716. The number of rotatable bonds is 16. The lowest BCUT2D eigenvalue weighted by atomic mass is 9.87. The lowest BCUT2D eigenvalue weighted by Crippen LogP contribution is -2.87. The lowest BCUT2D eigenvalue weighted by molar-refractivity contribution is -0.708. The Labute approximate surface area is 251 Å². The van der Waals surface area contributed by atoms with E-state index in [2.05, 4.69) is 15.8 Å². The molecule has 43 heavy (non-hydrogen) atoms. The first-order valence-corrected chi connectivity index (χ1v) is 15.0. The number of hydrogen-bond acceptors (Lipinski definition) is 8. The summed E-state index contributed by atoms with van der Waals surface area (Å²) in [6.45, 7) is 7.97. The van der Waals surface area contributed by atoms with Crippen molar-refractivity contribution in [2.45, 2.75) is 84.5 Å². The molecular formula is C31H44FN4O7+. The van der Waals surface area contributed by atoms with E-state index in [9.17, 15) is 28.7 Å². The van der Waals surface area contributed by atoms with Crippen molar-refractivity contribution in [3.63, 3.8) is 0 Å². The zero-order chi connectivity index (χ0) is 31.5. The smallest absolute Gasteiger partial charge is 0.305 e. The molecule has 5 atom stereocenters. The molecule has 1 aliphatic heterocycles. The number of nitrogens with one attached hydrogen (secondary N) is 2. The van der Waals surface area contributed by atoms with E-state index in [1.807, 2.05) is 5.32 Å². The number of nitrogens with zero attached hydrogens (tertiary/aromatic N) is 1. The van der Waals surface area contributed by atoms with Gasteiger partial charge in [-0.15, -0.1) is 0 Å². The fourth-order valence-corrected chi connectivity index (χ4v) is 5.40. The van der Waals surface area contributed by atoms with E-state index in [1.165, 1.54) is 18.2 Å². The second-order valence-electron chi connectivity index (χ2n) is 11.6. The SMILES string of the molecule is CCOC(=O)CC[C@H](C[C@@H]1CC[NH2+][C@@H]1O)NC(=O)[C@@H](CC(=O)[C@@H](NC(=O)c1cc(C)on1)C(C)C)Cc1ccc(F)cc1. The molecule has 236 valence electrons. The molecule has 11 nitrogen and oxygen atoms in total. The largest absolute Gasteiger partial charge is 0.466 e. The molecule has 3 rings (SSSR count). The molecule has 2 heterocycles. The number of carbonyl (C=O) groups excluding carboxylic acids is 4. The molecular weight excluding hydrogens is 559 g/mol. The third-order valence-corrected chi connectivity index (χ3v) is 7.74. The fraction of sp³-hybridized carbons (Fsp3) is 0.581. The topological polar surface area (TPSA) is 164 Å². The van der Waals surface area contributed by atoms with Gasteiger partial charge in [0.1, 0.15) is 11.6 Å². The number of ether oxygens (including phenoxy) is 1. The van der Waals surface area contributed by atoms with Gasteiger partial charge in [-0.3, -0.25) is 19.2 Å². The van der Waals surface area contributed by atoms with E-state index in [0.29, 0.717) is 24.2 Å². The molecule has 1 saturated heterocycles. The van der Waals surface area contributed by atoms with Gasteiger partial charge < -0.3 is 30.3 Å². The summed E-state index contributed by atoms with van der Waals surface area (Å²) < 4.78 is 23.6. The predicted octanol–water partition coefficient (Wildman–Crippen LogP) is 1.81. The Balaban J connectivity index is 1.79. The summed E-state index contributed by atoms with van der Waals surface area (Å²) >= 11 is 0. The lowest BCUT2D eigenvalue weighted by Gasteiger charge is -2.26. The van der Waals surface area contributed by atoms with E-state index in [1.54, 1.807) is 39.8 Å². The van der Waals surface area contributed by atoms with Gasteiger partial charge >= 0.3 is 5.97 Å². The number of aliphatic hydroxyl groups is 1. The first-order chi connectivity index (χ1) is 20.5. The average molecular weight is 604 g/mol. The maximum absolute atomic E-state index is 13.8. The van der Waals surface area contributed by atoms with Crippen LogP contribution in [0.4, 0.5) is 4.39 Å². The molecule has 1 fully saturated rings. The molecule has 0 aliphatic carbocycles. The molecule has 0 spiro atoms. The van der Waals surface area contributed by atoms with Gasteiger partial charge in [-0.2, -0.15) is 0 Å². The van der Waals surface area contributed by atoms with Gasteiger partial charge in [-0.25, -0.2) is 4.39 Å². The Bertz CT molecular complexity index is 1230. The van der Waals surface area contributed by atoms with Crippen LogP contribution in [-0.2, 0) is 25.5 Å². The quantitative estimate of drug-likeness (QED) is 0.211. The van der Waals surface area contributed by atoms with E-state index < -0.39 is 41.9 Å². The number of halogens is 1. The number of aliphatic hydroxyl groups excluding tert-OH is 1. The van der Waals surface area contributed by atoms with E-state index in [-0.39, 0.29) is 55.2 Å². The van der Waals surface area contributed by atoms with Gasteiger partial charge in [0.25, 0.3) is 5.91 Å². The summed E-state index contributed by atoms with van der Waals surface area (Å²) in [6.07, 6.45) is 1.01. The zero-order valence-corrected chi connectivity index (χ0v) is 25.3. The minimum Gasteiger partial charge on any atom is -0.466 e. The van der Waals surface area contributed by atoms with Crippen molar-refractivity contribution >= 4 is 23.6 Å². The number of quaternary nitrogens is 1. The van der Waals surface area contributed by atoms with Crippen LogP contribution in [0.5, 0.6) is 0 Å². The summed E-state index contributed by atoms with van der Waals surface area (Å²) in [4.78, 5) is 52.3. The highest BCUT2D eigenvalue weighted by atomic mass is 19.1. The second kappa shape index (κ2) is 16.3. The molecule has 0 radical (unpaired) electrons.